The maximum absolute atomic E-state index is 13.1. The fraction of sp³-hybridized carbons (Fsp3) is 0.700. The third kappa shape index (κ3) is 2.49. The molecular formula is C20H29N3O3. The average Bonchev–Trinajstić information content (AvgIpc) is 3.32. The molecular weight excluding hydrogens is 330 g/mol. The van der Waals surface area contributed by atoms with Crippen LogP contribution in [0.4, 0.5) is 0 Å². The van der Waals surface area contributed by atoms with Gasteiger partial charge in [0.2, 0.25) is 5.91 Å². The van der Waals surface area contributed by atoms with Gasteiger partial charge in [-0.15, -0.1) is 0 Å². The Kier molecular flexibility index (Phi) is 4.14. The first-order valence-electron chi connectivity index (χ1n) is 9.61. The molecule has 2 amide bonds. The molecule has 6 heteroatoms. The van der Waals surface area contributed by atoms with E-state index in [1.807, 2.05) is 19.0 Å². The van der Waals surface area contributed by atoms with E-state index in [1.54, 1.807) is 23.3 Å². The van der Waals surface area contributed by atoms with Crippen molar-refractivity contribution in [1.82, 2.24) is 14.7 Å². The van der Waals surface area contributed by atoms with E-state index in [2.05, 4.69) is 11.9 Å². The van der Waals surface area contributed by atoms with Crippen LogP contribution in [-0.4, -0.2) is 73.8 Å². The lowest BCUT2D eigenvalue weighted by Gasteiger charge is -2.44. The fourth-order valence-corrected chi connectivity index (χ4v) is 5.90. The summed E-state index contributed by atoms with van der Waals surface area (Å²) in [5, 5.41) is 0. The molecule has 2 aliphatic heterocycles. The predicted octanol–water partition coefficient (Wildman–Crippen LogP) is 1.93. The van der Waals surface area contributed by atoms with Crippen molar-refractivity contribution in [3.63, 3.8) is 0 Å². The lowest BCUT2D eigenvalue weighted by Crippen LogP contribution is -2.49. The Morgan fingerprint density at radius 3 is 2.54 bits per heavy atom. The lowest BCUT2D eigenvalue weighted by molar-refractivity contribution is -0.141. The number of nitrogens with zero attached hydrogens (tertiary/aromatic N) is 3. The molecule has 3 fully saturated rings. The molecule has 0 bridgehead atoms. The van der Waals surface area contributed by atoms with Crippen LogP contribution in [0.25, 0.3) is 0 Å². The molecule has 3 aliphatic rings. The molecule has 1 spiro atoms. The van der Waals surface area contributed by atoms with Crippen LogP contribution in [0.5, 0.6) is 0 Å². The van der Waals surface area contributed by atoms with Crippen molar-refractivity contribution >= 4 is 11.8 Å². The third-order valence-electron chi connectivity index (χ3n) is 7.13. The Morgan fingerprint density at radius 2 is 1.92 bits per heavy atom. The van der Waals surface area contributed by atoms with Crippen LogP contribution in [0.2, 0.25) is 0 Å². The van der Waals surface area contributed by atoms with Gasteiger partial charge in [-0.2, -0.15) is 0 Å². The Morgan fingerprint density at radius 1 is 1.19 bits per heavy atom. The van der Waals surface area contributed by atoms with Gasteiger partial charge in [0.25, 0.3) is 5.91 Å². The molecule has 2 saturated heterocycles. The Bertz CT molecular complexity index is 691. The first-order chi connectivity index (χ1) is 12.4. The number of amides is 2. The zero-order valence-corrected chi connectivity index (χ0v) is 16.0. The first-order valence-corrected chi connectivity index (χ1v) is 9.61. The lowest BCUT2D eigenvalue weighted by atomic mass is 9.65. The quantitative estimate of drug-likeness (QED) is 0.810. The minimum Gasteiger partial charge on any atom is -0.459 e. The summed E-state index contributed by atoms with van der Waals surface area (Å²) in [5.41, 5.74) is -0.0399. The monoisotopic (exact) mass is 359 g/mol. The van der Waals surface area contributed by atoms with Crippen LogP contribution in [0.3, 0.4) is 0 Å². The van der Waals surface area contributed by atoms with E-state index in [0.717, 1.165) is 51.9 Å². The van der Waals surface area contributed by atoms with Crippen LogP contribution >= 0.6 is 0 Å². The molecule has 0 radical (unpaired) electrons. The highest BCUT2D eigenvalue weighted by Crippen LogP contribution is 2.62. The second kappa shape index (κ2) is 6.12. The topological polar surface area (TPSA) is 57.0 Å². The van der Waals surface area contributed by atoms with E-state index < -0.39 is 0 Å². The molecule has 1 aromatic heterocycles. The highest BCUT2D eigenvalue weighted by molar-refractivity contribution is 5.91. The van der Waals surface area contributed by atoms with Crippen molar-refractivity contribution in [3.05, 3.63) is 24.2 Å². The van der Waals surface area contributed by atoms with Gasteiger partial charge in [0.1, 0.15) is 0 Å². The van der Waals surface area contributed by atoms with Gasteiger partial charge >= 0.3 is 0 Å². The number of carbonyl (C=O) groups excluding carboxylic acids is 2. The molecule has 1 saturated carbocycles. The van der Waals surface area contributed by atoms with Crippen molar-refractivity contribution < 1.29 is 14.0 Å². The molecule has 2 atom stereocenters. The van der Waals surface area contributed by atoms with Crippen LogP contribution in [0.1, 0.15) is 36.2 Å². The average molecular weight is 359 g/mol. The highest BCUT2D eigenvalue weighted by atomic mass is 16.3. The molecule has 1 aromatic rings. The van der Waals surface area contributed by atoms with Crippen LogP contribution < -0.4 is 0 Å². The van der Waals surface area contributed by atoms with Crippen molar-refractivity contribution in [2.75, 3.05) is 47.3 Å². The van der Waals surface area contributed by atoms with E-state index in [4.69, 9.17) is 4.42 Å². The molecule has 0 unspecified atom stereocenters. The van der Waals surface area contributed by atoms with Gasteiger partial charge < -0.3 is 19.1 Å². The van der Waals surface area contributed by atoms with Crippen molar-refractivity contribution in [3.8, 4) is 0 Å². The molecule has 3 heterocycles. The van der Waals surface area contributed by atoms with Crippen molar-refractivity contribution in [2.45, 2.75) is 25.7 Å². The standard InChI is InChI=1S/C20H29N3O3/c1-21(2)18(25)20-7-6-19(16(20)13-22(3)14-20)8-10-23(11-9-19)17(24)15-5-4-12-26-15/h4-5,12,16H,6-11,13-14H2,1-3H3/t16-,20+/m1/s1. The number of fused-ring (bicyclic) bond motifs is 2. The molecule has 0 N–H and O–H groups in total. The van der Waals surface area contributed by atoms with E-state index in [0.29, 0.717) is 11.7 Å². The van der Waals surface area contributed by atoms with Crippen molar-refractivity contribution in [1.29, 1.82) is 0 Å². The van der Waals surface area contributed by atoms with E-state index in [1.165, 1.54) is 0 Å². The van der Waals surface area contributed by atoms with Crippen LogP contribution in [0, 0.1) is 16.7 Å². The van der Waals surface area contributed by atoms with Crippen LogP contribution in [-0.2, 0) is 4.79 Å². The Balaban J connectivity index is 1.52. The van der Waals surface area contributed by atoms with Gasteiger partial charge in [0.15, 0.2) is 5.76 Å². The first kappa shape index (κ1) is 17.6. The largest absolute Gasteiger partial charge is 0.459 e. The Hall–Kier alpha value is -1.82. The molecule has 26 heavy (non-hydrogen) atoms. The van der Waals surface area contributed by atoms with Gasteiger partial charge in [0, 0.05) is 40.3 Å². The number of furan rings is 1. The van der Waals surface area contributed by atoms with Crippen LogP contribution in [0.15, 0.2) is 22.8 Å². The minimum absolute atomic E-state index is 0.0120. The summed E-state index contributed by atoms with van der Waals surface area (Å²) >= 11 is 0. The third-order valence-corrected chi connectivity index (χ3v) is 7.13. The smallest absolute Gasteiger partial charge is 0.289 e. The summed E-state index contributed by atoms with van der Waals surface area (Å²) in [5.74, 6) is 1.10. The molecule has 0 aromatic carbocycles. The molecule has 1 aliphatic carbocycles. The SMILES string of the molecule is CN1C[C@@H]2C3(CCN(C(=O)c4ccco4)CC3)CC[C@]2(C(=O)N(C)C)C1. The minimum atomic E-state index is -0.231. The van der Waals surface area contributed by atoms with Crippen molar-refractivity contribution in [2.24, 2.45) is 16.7 Å². The Labute approximate surface area is 155 Å². The zero-order valence-electron chi connectivity index (χ0n) is 16.0. The predicted molar refractivity (Wildman–Crippen MR) is 97.6 cm³/mol. The second-order valence-corrected chi connectivity index (χ2v) is 8.74. The van der Waals surface area contributed by atoms with E-state index >= 15 is 0 Å². The van der Waals surface area contributed by atoms with E-state index in [-0.39, 0.29) is 22.6 Å². The molecule has 142 valence electrons. The highest BCUT2D eigenvalue weighted by Gasteiger charge is 2.64. The maximum atomic E-state index is 13.1. The molecule has 4 rings (SSSR count). The second-order valence-electron chi connectivity index (χ2n) is 8.74. The maximum Gasteiger partial charge on any atom is 0.289 e. The number of hydrogen-bond donors (Lipinski definition) is 0. The number of hydrogen-bond acceptors (Lipinski definition) is 4. The number of rotatable bonds is 2. The van der Waals surface area contributed by atoms with Gasteiger partial charge in [-0.1, -0.05) is 0 Å². The summed E-state index contributed by atoms with van der Waals surface area (Å²) < 4.78 is 5.27. The zero-order chi connectivity index (χ0) is 18.5. The van der Waals surface area contributed by atoms with Gasteiger partial charge in [0.05, 0.1) is 11.7 Å². The van der Waals surface area contributed by atoms with Gasteiger partial charge in [-0.25, -0.2) is 0 Å². The summed E-state index contributed by atoms with van der Waals surface area (Å²) in [6.07, 6.45) is 5.60. The number of carbonyl (C=O) groups is 2. The van der Waals surface area contributed by atoms with E-state index in [9.17, 15) is 9.59 Å². The summed E-state index contributed by atoms with van der Waals surface area (Å²) in [6, 6.07) is 3.49. The summed E-state index contributed by atoms with van der Waals surface area (Å²) in [4.78, 5) is 31.7. The van der Waals surface area contributed by atoms with Gasteiger partial charge in [-0.3, -0.25) is 9.59 Å². The number of piperidine rings is 1. The summed E-state index contributed by atoms with van der Waals surface area (Å²) in [6.45, 7) is 3.37. The number of likely N-dealkylation sites (tertiary alicyclic amines) is 2. The normalized spacial score (nSPS) is 30.6. The molecule has 6 nitrogen and oxygen atoms in total. The summed E-state index contributed by atoms with van der Waals surface area (Å²) in [7, 11) is 5.89. The van der Waals surface area contributed by atoms with Gasteiger partial charge in [-0.05, 0) is 56.2 Å². The fourth-order valence-electron chi connectivity index (χ4n) is 5.90.